The van der Waals surface area contributed by atoms with Gasteiger partial charge < -0.3 is 15.2 Å². The summed E-state index contributed by atoms with van der Waals surface area (Å²) in [4.78, 5) is 11.4. The van der Waals surface area contributed by atoms with Gasteiger partial charge >= 0.3 is 0 Å². The van der Waals surface area contributed by atoms with Crippen molar-refractivity contribution in [1.29, 1.82) is 0 Å². The van der Waals surface area contributed by atoms with E-state index in [9.17, 15) is 5.11 Å². The Hall–Kier alpha value is -1.24. The number of fused-ring (bicyclic) bond motifs is 3. The van der Waals surface area contributed by atoms with Gasteiger partial charge in [-0.05, 0) is 70.4 Å². The maximum atomic E-state index is 9.86. The molecule has 2 aliphatic carbocycles. The second-order valence-electron chi connectivity index (χ2n) is 7.50. The van der Waals surface area contributed by atoms with E-state index in [-0.39, 0.29) is 12.2 Å². The highest BCUT2D eigenvalue weighted by atomic mass is 32.1. The first-order chi connectivity index (χ1) is 12.2. The minimum Gasteiger partial charge on any atom is -0.474 e. The van der Waals surface area contributed by atoms with Crippen molar-refractivity contribution in [3.63, 3.8) is 0 Å². The van der Waals surface area contributed by atoms with Gasteiger partial charge in [0.2, 0.25) is 5.88 Å². The highest BCUT2D eigenvalue weighted by Gasteiger charge is 2.31. The van der Waals surface area contributed by atoms with Crippen LogP contribution in [-0.2, 0) is 6.42 Å². The number of thiophene rings is 1. The largest absolute Gasteiger partial charge is 0.474 e. The molecule has 0 amide bonds. The van der Waals surface area contributed by atoms with Gasteiger partial charge in [-0.3, -0.25) is 0 Å². The number of ether oxygens (including phenoxy) is 1. The summed E-state index contributed by atoms with van der Waals surface area (Å²) in [5, 5.41) is 14.3. The third-order valence-electron chi connectivity index (χ3n) is 5.68. The van der Waals surface area contributed by atoms with Crippen LogP contribution in [0.4, 0.5) is 0 Å². The molecule has 4 rings (SSSR count). The van der Waals surface area contributed by atoms with Gasteiger partial charge in [-0.2, -0.15) is 0 Å². The number of hydrogen-bond donors (Lipinski definition) is 2. The molecule has 2 atom stereocenters. The van der Waals surface area contributed by atoms with Crippen molar-refractivity contribution < 1.29 is 9.84 Å². The lowest BCUT2D eigenvalue weighted by molar-refractivity contribution is 0.137. The Balaban J connectivity index is 1.62. The van der Waals surface area contributed by atoms with E-state index in [0.717, 1.165) is 61.0 Å². The zero-order valence-electron chi connectivity index (χ0n) is 15.0. The summed E-state index contributed by atoms with van der Waals surface area (Å²) in [6, 6.07) is 0.617. The lowest BCUT2D eigenvalue weighted by atomic mass is 9.93. The molecule has 0 radical (unpaired) electrons. The van der Waals surface area contributed by atoms with Crippen molar-refractivity contribution in [3.8, 4) is 5.88 Å². The zero-order chi connectivity index (χ0) is 17.4. The topological polar surface area (TPSA) is 67.3 Å². The van der Waals surface area contributed by atoms with E-state index >= 15 is 0 Å². The second-order valence-corrected chi connectivity index (χ2v) is 8.58. The fraction of sp³-hybridized carbons (Fsp3) is 0.684. The maximum Gasteiger partial charge on any atom is 0.225 e. The highest BCUT2D eigenvalue weighted by molar-refractivity contribution is 7.19. The van der Waals surface area contributed by atoms with Crippen molar-refractivity contribution in [2.45, 2.75) is 76.0 Å². The van der Waals surface area contributed by atoms with Crippen molar-refractivity contribution in [3.05, 3.63) is 16.8 Å². The molecule has 2 heterocycles. The fourth-order valence-electron chi connectivity index (χ4n) is 4.40. The number of hydrogen-bond acceptors (Lipinski definition) is 6. The molecule has 2 N–H and O–H groups in total. The van der Waals surface area contributed by atoms with Crippen LogP contribution in [0.2, 0.25) is 0 Å². The summed E-state index contributed by atoms with van der Waals surface area (Å²) in [6.07, 6.45) is 9.05. The Morgan fingerprint density at radius 3 is 2.80 bits per heavy atom. The number of aryl methyl sites for hydroxylation is 1. The number of aliphatic hydroxyl groups is 1. The summed E-state index contributed by atoms with van der Waals surface area (Å²) in [6.45, 7) is 1.88. The fourth-order valence-corrected chi connectivity index (χ4v) is 5.64. The molecule has 2 aromatic rings. The normalized spacial score (nSPS) is 27.4. The van der Waals surface area contributed by atoms with E-state index in [2.05, 4.69) is 15.3 Å². The van der Waals surface area contributed by atoms with Crippen LogP contribution in [0.5, 0.6) is 5.88 Å². The van der Waals surface area contributed by atoms with Crippen molar-refractivity contribution in [2.24, 2.45) is 0 Å². The van der Waals surface area contributed by atoms with Crippen LogP contribution in [-0.4, -0.2) is 40.4 Å². The molecule has 1 fully saturated rings. The summed E-state index contributed by atoms with van der Waals surface area (Å²) in [5.74, 6) is 1.16. The van der Waals surface area contributed by atoms with Gasteiger partial charge in [0.1, 0.15) is 17.3 Å². The molecule has 0 aliphatic heterocycles. The summed E-state index contributed by atoms with van der Waals surface area (Å²) in [7, 11) is 2.04. The molecule has 0 aromatic carbocycles. The van der Waals surface area contributed by atoms with Gasteiger partial charge in [-0.25, -0.2) is 9.97 Å². The minimum atomic E-state index is -0.281. The average molecular weight is 362 g/mol. The first-order valence-electron chi connectivity index (χ1n) is 9.44. The van der Waals surface area contributed by atoms with Crippen molar-refractivity contribution >= 4 is 21.6 Å². The van der Waals surface area contributed by atoms with Crippen LogP contribution in [0.15, 0.2) is 6.33 Å². The van der Waals surface area contributed by atoms with E-state index in [0.29, 0.717) is 12.0 Å². The SMILES string of the molecule is CN[C@H]1CC[C@H](Oc2ncnc3sc4c(c23)[C@@H](C[C@H](C)O)CC4)CC1. The van der Waals surface area contributed by atoms with E-state index in [4.69, 9.17) is 4.74 Å². The monoisotopic (exact) mass is 361 g/mol. The molecule has 1 saturated carbocycles. The van der Waals surface area contributed by atoms with Crippen LogP contribution in [0, 0.1) is 0 Å². The van der Waals surface area contributed by atoms with Gasteiger partial charge in [-0.15, -0.1) is 11.3 Å². The van der Waals surface area contributed by atoms with Gasteiger partial charge in [0.15, 0.2) is 0 Å². The zero-order valence-corrected chi connectivity index (χ0v) is 15.8. The van der Waals surface area contributed by atoms with Crippen LogP contribution in [0.1, 0.15) is 61.8 Å². The van der Waals surface area contributed by atoms with Gasteiger partial charge in [-0.1, -0.05) is 0 Å². The van der Waals surface area contributed by atoms with Crippen LogP contribution in [0.25, 0.3) is 10.2 Å². The predicted molar refractivity (Wildman–Crippen MR) is 101 cm³/mol. The molecule has 5 nitrogen and oxygen atoms in total. The first-order valence-corrected chi connectivity index (χ1v) is 10.3. The molecular weight excluding hydrogens is 334 g/mol. The third kappa shape index (κ3) is 3.39. The van der Waals surface area contributed by atoms with Crippen molar-refractivity contribution in [1.82, 2.24) is 15.3 Å². The second kappa shape index (κ2) is 7.17. The van der Waals surface area contributed by atoms with Gasteiger partial charge in [0.05, 0.1) is 11.5 Å². The molecule has 2 aromatic heterocycles. The van der Waals surface area contributed by atoms with Gasteiger partial charge in [0, 0.05) is 10.9 Å². The standard InChI is InChI=1S/C19H27N3O2S/c1-11(23)9-12-3-8-15-16(12)17-18(21-10-22-19(17)25-15)24-14-6-4-13(20-2)5-7-14/h10-14,20,23H,3-9H2,1-2H3/t11-,12+,13-,14-/m0/s1. The molecule has 0 bridgehead atoms. The molecule has 0 saturated heterocycles. The maximum absolute atomic E-state index is 9.86. The molecule has 6 heteroatoms. The number of nitrogens with one attached hydrogen (secondary N) is 1. The molecule has 25 heavy (non-hydrogen) atoms. The predicted octanol–water partition coefficient (Wildman–Crippen LogP) is 3.40. The summed E-state index contributed by atoms with van der Waals surface area (Å²) >= 11 is 1.77. The lowest BCUT2D eigenvalue weighted by Gasteiger charge is -2.28. The Bertz CT molecular complexity index is 738. The van der Waals surface area contributed by atoms with E-state index in [1.165, 1.54) is 10.4 Å². The number of rotatable bonds is 5. The Labute approximate surface area is 152 Å². The quantitative estimate of drug-likeness (QED) is 0.854. The number of aromatic nitrogens is 2. The average Bonchev–Trinajstić information content (AvgIpc) is 3.15. The summed E-state index contributed by atoms with van der Waals surface area (Å²) in [5.41, 5.74) is 1.35. The number of nitrogens with zero attached hydrogens (tertiary/aromatic N) is 2. The first kappa shape index (κ1) is 17.2. The summed E-state index contributed by atoms with van der Waals surface area (Å²) < 4.78 is 6.36. The molecule has 2 aliphatic rings. The van der Waals surface area contributed by atoms with Crippen LogP contribution >= 0.6 is 11.3 Å². The Kier molecular flexibility index (Phi) is 4.93. The molecular formula is C19H27N3O2S. The van der Waals surface area contributed by atoms with Crippen molar-refractivity contribution in [2.75, 3.05) is 7.05 Å². The molecule has 0 unspecified atom stereocenters. The minimum absolute atomic E-state index is 0.245. The van der Waals surface area contributed by atoms with Crippen LogP contribution < -0.4 is 10.1 Å². The Morgan fingerprint density at radius 1 is 1.28 bits per heavy atom. The number of aliphatic hydroxyl groups excluding tert-OH is 1. The third-order valence-corrected chi connectivity index (χ3v) is 6.86. The molecule has 136 valence electrons. The van der Waals surface area contributed by atoms with E-state index in [1.54, 1.807) is 17.7 Å². The van der Waals surface area contributed by atoms with Crippen LogP contribution in [0.3, 0.4) is 0 Å². The highest BCUT2D eigenvalue weighted by Crippen LogP contribution is 2.47. The van der Waals surface area contributed by atoms with E-state index in [1.807, 2.05) is 14.0 Å². The Morgan fingerprint density at radius 2 is 2.08 bits per heavy atom. The van der Waals surface area contributed by atoms with E-state index < -0.39 is 0 Å². The van der Waals surface area contributed by atoms with Gasteiger partial charge in [0.25, 0.3) is 0 Å². The lowest BCUT2D eigenvalue weighted by Crippen LogP contribution is -2.34. The smallest absolute Gasteiger partial charge is 0.225 e. The molecule has 0 spiro atoms.